The first kappa shape index (κ1) is 12.1. The molecule has 2 rings (SSSR count). The second-order valence-corrected chi connectivity index (χ2v) is 5.22. The maximum atomic E-state index is 5.91. The van der Waals surface area contributed by atoms with Gasteiger partial charge < -0.3 is 10.3 Å². The van der Waals surface area contributed by atoms with Crippen LogP contribution < -0.4 is 5.73 Å². The van der Waals surface area contributed by atoms with Crippen molar-refractivity contribution in [3.05, 3.63) is 29.6 Å². The SMILES string of the molecule is CC(C)Cc1nc2ccc(C(C)N)cc2n1C. The second kappa shape index (κ2) is 4.49. The Kier molecular flexibility index (Phi) is 3.20. The van der Waals surface area contributed by atoms with Crippen molar-refractivity contribution in [3.63, 3.8) is 0 Å². The normalized spacial score (nSPS) is 13.5. The Bertz CT molecular complexity index is 523. The van der Waals surface area contributed by atoms with E-state index in [1.54, 1.807) is 0 Å². The quantitative estimate of drug-likeness (QED) is 0.882. The Morgan fingerprint density at radius 3 is 2.59 bits per heavy atom. The fourth-order valence-corrected chi connectivity index (χ4v) is 2.09. The van der Waals surface area contributed by atoms with E-state index >= 15 is 0 Å². The second-order valence-electron chi connectivity index (χ2n) is 5.22. The van der Waals surface area contributed by atoms with Gasteiger partial charge in [0.05, 0.1) is 11.0 Å². The summed E-state index contributed by atoms with van der Waals surface area (Å²) in [5.41, 5.74) is 9.32. The van der Waals surface area contributed by atoms with Crippen LogP contribution in [0.1, 0.15) is 38.2 Å². The Balaban J connectivity index is 2.50. The van der Waals surface area contributed by atoms with Crippen LogP contribution in [0.4, 0.5) is 0 Å². The van der Waals surface area contributed by atoms with E-state index in [1.165, 1.54) is 5.52 Å². The summed E-state index contributed by atoms with van der Waals surface area (Å²) in [4.78, 5) is 4.68. The third-order valence-electron chi connectivity index (χ3n) is 3.11. The summed E-state index contributed by atoms with van der Waals surface area (Å²) in [5, 5.41) is 0. The van der Waals surface area contributed by atoms with E-state index in [9.17, 15) is 0 Å². The van der Waals surface area contributed by atoms with E-state index in [1.807, 2.05) is 6.92 Å². The van der Waals surface area contributed by atoms with Gasteiger partial charge in [-0.3, -0.25) is 0 Å². The van der Waals surface area contributed by atoms with Gasteiger partial charge in [0.1, 0.15) is 5.82 Å². The molecular weight excluding hydrogens is 210 g/mol. The van der Waals surface area contributed by atoms with Gasteiger partial charge in [0, 0.05) is 19.5 Å². The lowest BCUT2D eigenvalue weighted by atomic mass is 10.1. The molecule has 2 N–H and O–H groups in total. The number of nitrogens with two attached hydrogens (primary N) is 1. The Morgan fingerprint density at radius 1 is 1.29 bits per heavy atom. The molecule has 0 spiro atoms. The molecule has 0 saturated carbocycles. The molecule has 2 aromatic rings. The third kappa shape index (κ3) is 2.34. The maximum Gasteiger partial charge on any atom is 0.109 e. The predicted molar refractivity (Wildman–Crippen MR) is 71.9 cm³/mol. The van der Waals surface area contributed by atoms with Crippen LogP contribution in [0.15, 0.2) is 18.2 Å². The first-order chi connectivity index (χ1) is 7.99. The van der Waals surface area contributed by atoms with Crippen LogP contribution >= 0.6 is 0 Å². The average Bonchev–Trinajstić information content (AvgIpc) is 2.55. The van der Waals surface area contributed by atoms with Gasteiger partial charge in [-0.05, 0) is 30.5 Å². The molecule has 0 radical (unpaired) electrons. The van der Waals surface area contributed by atoms with Gasteiger partial charge in [0.15, 0.2) is 0 Å². The van der Waals surface area contributed by atoms with Crippen molar-refractivity contribution < 1.29 is 0 Å². The van der Waals surface area contributed by atoms with E-state index in [0.717, 1.165) is 23.3 Å². The van der Waals surface area contributed by atoms with Gasteiger partial charge in [-0.25, -0.2) is 4.98 Å². The fourth-order valence-electron chi connectivity index (χ4n) is 2.09. The minimum absolute atomic E-state index is 0.0721. The number of aromatic nitrogens is 2. The lowest BCUT2D eigenvalue weighted by Crippen LogP contribution is -2.05. The van der Waals surface area contributed by atoms with Crippen molar-refractivity contribution >= 4 is 11.0 Å². The van der Waals surface area contributed by atoms with Gasteiger partial charge in [0.25, 0.3) is 0 Å². The zero-order chi connectivity index (χ0) is 12.6. The first-order valence-electron chi connectivity index (χ1n) is 6.20. The molecule has 0 amide bonds. The summed E-state index contributed by atoms with van der Waals surface area (Å²) in [7, 11) is 2.08. The number of aryl methyl sites for hydroxylation is 1. The monoisotopic (exact) mass is 231 g/mol. The van der Waals surface area contributed by atoms with Crippen molar-refractivity contribution in [2.24, 2.45) is 18.7 Å². The van der Waals surface area contributed by atoms with Gasteiger partial charge in [0.2, 0.25) is 0 Å². The lowest BCUT2D eigenvalue weighted by Gasteiger charge is -2.07. The zero-order valence-electron chi connectivity index (χ0n) is 11.1. The van der Waals surface area contributed by atoms with Crippen molar-refractivity contribution in [2.45, 2.75) is 33.2 Å². The number of hydrogen-bond donors (Lipinski definition) is 1. The molecule has 1 aromatic heterocycles. The van der Waals surface area contributed by atoms with Crippen LogP contribution in [0.2, 0.25) is 0 Å². The summed E-state index contributed by atoms with van der Waals surface area (Å²) in [6.45, 7) is 6.44. The van der Waals surface area contributed by atoms with Crippen LogP contribution in [0, 0.1) is 5.92 Å². The largest absolute Gasteiger partial charge is 0.331 e. The molecule has 1 aromatic carbocycles. The summed E-state index contributed by atoms with van der Waals surface area (Å²) in [6, 6.07) is 6.36. The van der Waals surface area contributed by atoms with Crippen molar-refractivity contribution in [1.82, 2.24) is 9.55 Å². The van der Waals surface area contributed by atoms with Crippen LogP contribution in [0.25, 0.3) is 11.0 Å². The molecule has 0 aliphatic heterocycles. The molecule has 0 bridgehead atoms. The van der Waals surface area contributed by atoms with E-state index in [-0.39, 0.29) is 6.04 Å². The number of benzene rings is 1. The number of fused-ring (bicyclic) bond motifs is 1. The molecular formula is C14H21N3. The summed E-state index contributed by atoms with van der Waals surface area (Å²) in [6.07, 6.45) is 1.01. The Hall–Kier alpha value is -1.35. The van der Waals surface area contributed by atoms with E-state index in [4.69, 9.17) is 5.73 Å². The molecule has 3 nitrogen and oxygen atoms in total. The summed E-state index contributed by atoms with van der Waals surface area (Å²) in [5.74, 6) is 1.77. The minimum Gasteiger partial charge on any atom is -0.331 e. The molecule has 0 saturated heterocycles. The highest BCUT2D eigenvalue weighted by Gasteiger charge is 2.10. The van der Waals surface area contributed by atoms with Gasteiger partial charge in [-0.2, -0.15) is 0 Å². The van der Waals surface area contributed by atoms with Crippen molar-refractivity contribution in [3.8, 4) is 0 Å². The van der Waals surface area contributed by atoms with E-state index in [0.29, 0.717) is 5.92 Å². The van der Waals surface area contributed by atoms with E-state index < -0.39 is 0 Å². The number of hydrogen-bond acceptors (Lipinski definition) is 2. The van der Waals surface area contributed by atoms with E-state index in [2.05, 4.69) is 48.6 Å². The molecule has 0 aliphatic rings. The van der Waals surface area contributed by atoms with Gasteiger partial charge in [-0.15, -0.1) is 0 Å². The highest BCUT2D eigenvalue weighted by Crippen LogP contribution is 2.21. The lowest BCUT2D eigenvalue weighted by molar-refractivity contribution is 0.606. The molecule has 0 aliphatic carbocycles. The molecule has 17 heavy (non-hydrogen) atoms. The highest BCUT2D eigenvalue weighted by molar-refractivity contribution is 5.77. The smallest absolute Gasteiger partial charge is 0.109 e. The number of nitrogens with zero attached hydrogens (tertiary/aromatic N) is 2. The van der Waals surface area contributed by atoms with Crippen molar-refractivity contribution in [2.75, 3.05) is 0 Å². The topological polar surface area (TPSA) is 43.8 Å². The maximum absolute atomic E-state index is 5.91. The highest BCUT2D eigenvalue weighted by atomic mass is 15.1. The van der Waals surface area contributed by atoms with Crippen LogP contribution in [0.3, 0.4) is 0 Å². The van der Waals surface area contributed by atoms with Crippen LogP contribution in [-0.4, -0.2) is 9.55 Å². The van der Waals surface area contributed by atoms with Crippen LogP contribution in [0.5, 0.6) is 0 Å². The van der Waals surface area contributed by atoms with Gasteiger partial charge in [-0.1, -0.05) is 19.9 Å². The Morgan fingerprint density at radius 2 is 2.00 bits per heavy atom. The first-order valence-corrected chi connectivity index (χ1v) is 6.20. The molecule has 92 valence electrons. The number of rotatable bonds is 3. The van der Waals surface area contributed by atoms with Crippen molar-refractivity contribution in [1.29, 1.82) is 0 Å². The molecule has 1 heterocycles. The molecule has 1 atom stereocenters. The average molecular weight is 231 g/mol. The van der Waals surface area contributed by atoms with Gasteiger partial charge >= 0.3 is 0 Å². The summed E-state index contributed by atoms with van der Waals surface area (Å²) >= 11 is 0. The molecule has 1 unspecified atom stereocenters. The number of imidazole rings is 1. The summed E-state index contributed by atoms with van der Waals surface area (Å²) < 4.78 is 2.18. The third-order valence-corrected chi connectivity index (χ3v) is 3.11. The predicted octanol–water partition coefficient (Wildman–Crippen LogP) is 2.79. The standard InChI is InChI=1S/C14H21N3/c1-9(2)7-14-16-12-6-5-11(10(3)15)8-13(12)17(14)4/h5-6,8-10H,7,15H2,1-4H3. The Labute approximate surface area is 103 Å². The van der Waals surface area contributed by atoms with Crippen LogP contribution in [-0.2, 0) is 13.5 Å². The minimum atomic E-state index is 0.0721. The molecule has 0 fully saturated rings. The molecule has 3 heteroatoms. The fraction of sp³-hybridized carbons (Fsp3) is 0.500. The zero-order valence-corrected chi connectivity index (χ0v) is 11.1.